The van der Waals surface area contributed by atoms with E-state index >= 15 is 0 Å². The summed E-state index contributed by atoms with van der Waals surface area (Å²) in [5.74, 6) is -1.45. The Labute approximate surface area is 104 Å². The van der Waals surface area contributed by atoms with Crippen molar-refractivity contribution in [3.8, 4) is 0 Å². The molecule has 0 fully saturated rings. The zero-order chi connectivity index (χ0) is 13.5. The van der Waals surface area contributed by atoms with Crippen LogP contribution in [-0.4, -0.2) is 50.0 Å². The number of nitrogens with two attached hydrogens (primary N) is 1. The van der Waals surface area contributed by atoms with E-state index in [1.165, 1.54) is 15.7 Å². The van der Waals surface area contributed by atoms with Crippen molar-refractivity contribution in [3.63, 3.8) is 0 Å². The van der Waals surface area contributed by atoms with Crippen LogP contribution in [0.5, 0.6) is 0 Å². The van der Waals surface area contributed by atoms with Gasteiger partial charge in [0.1, 0.15) is 13.1 Å². The van der Waals surface area contributed by atoms with Crippen molar-refractivity contribution in [2.75, 3.05) is 13.1 Å². The van der Waals surface area contributed by atoms with Gasteiger partial charge in [0.25, 0.3) is 0 Å². The van der Waals surface area contributed by atoms with Crippen LogP contribution in [0.25, 0.3) is 0 Å². The molecule has 0 unspecified atom stereocenters. The van der Waals surface area contributed by atoms with Gasteiger partial charge in [-0.3, -0.25) is 9.59 Å². The minimum atomic E-state index is -1.08. The smallest absolute Gasteiger partial charge is 0.323 e. The SMILES string of the molecule is C=CCN(CC(=O)O)C(=O)Cn1cc(CN)nn1. The van der Waals surface area contributed by atoms with Crippen LogP contribution < -0.4 is 5.73 Å². The van der Waals surface area contributed by atoms with E-state index in [1.807, 2.05) is 0 Å². The predicted molar refractivity (Wildman–Crippen MR) is 62.3 cm³/mol. The predicted octanol–water partition coefficient (Wildman–Crippen LogP) is -1.16. The third-order valence-electron chi connectivity index (χ3n) is 2.12. The molecule has 1 amide bonds. The molecule has 1 rings (SSSR count). The molecule has 0 aliphatic carbocycles. The van der Waals surface area contributed by atoms with Crippen LogP contribution in [0.15, 0.2) is 18.9 Å². The Balaban J connectivity index is 2.65. The van der Waals surface area contributed by atoms with E-state index in [4.69, 9.17) is 10.8 Å². The van der Waals surface area contributed by atoms with Gasteiger partial charge in [0, 0.05) is 13.1 Å². The van der Waals surface area contributed by atoms with Crippen molar-refractivity contribution in [2.45, 2.75) is 13.1 Å². The highest BCUT2D eigenvalue weighted by Gasteiger charge is 2.16. The normalized spacial score (nSPS) is 10.1. The highest BCUT2D eigenvalue weighted by atomic mass is 16.4. The second-order valence-electron chi connectivity index (χ2n) is 3.57. The number of hydrogen-bond acceptors (Lipinski definition) is 5. The van der Waals surface area contributed by atoms with Crippen molar-refractivity contribution < 1.29 is 14.7 Å². The molecule has 8 heteroatoms. The maximum Gasteiger partial charge on any atom is 0.323 e. The first-order valence-corrected chi connectivity index (χ1v) is 5.26. The molecule has 0 aliphatic heterocycles. The maximum atomic E-state index is 11.8. The lowest BCUT2D eigenvalue weighted by Gasteiger charge is -2.18. The van der Waals surface area contributed by atoms with E-state index in [1.54, 1.807) is 6.20 Å². The molecule has 98 valence electrons. The van der Waals surface area contributed by atoms with Gasteiger partial charge in [0.05, 0.1) is 11.9 Å². The van der Waals surface area contributed by atoms with Crippen molar-refractivity contribution in [2.24, 2.45) is 5.73 Å². The standard InChI is InChI=1S/C10H15N5O3/c1-2-3-14(7-10(17)18)9(16)6-15-5-8(4-11)12-13-15/h2,5H,1,3-4,6-7,11H2,(H,17,18). The van der Waals surface area contributed by atoms with E-state index in [0.29, 0.717) is 5.69 Å². The van der Waals surface area contributed by atoms with E-state index in [2.05, 4.69) is 16.9 Å². The lowest BCUT2D eigenvalue weighted by Crippen LogP contribution is -2.38. The Morgan fingerprint density at radius 3 is 2.83 bits per heavy atom. The fraction of sp³-hybridized carbons (Fsp3) is 0.400. The van der Waals surface area contributed by atoms with Gasteiger partial charge in [-0.1, -0.05) is 11.3 Å². The highest BCUT2D eigenvalue weighted by Crippen LogP contribution is 1.96. The maximum absolute atomic E-state index is 11.8. The van der Waals surface area contributed by atoms with Gasteiger partial charge < -0.3 is 15.7 Å². The molecule has 0 spiro atoms. The van der Waals surface area contributed by atoms with Gasteiger partial charge in [-0.2, -0.15) is 0 Å². The molecular weight excluding hydrogens is 238 g/mol. The molecule has 0 aromatic carbocycles. The molecule has 8 nitrogen and oxygen atoms in total. The number of aromatic nitrogens is 3. The van der Waals surface area contributed by atoms with Gasteiger partial charge >= 0.3 is 5.97 Å². The van der Waals surface area contributed by atoms with Crippen LogP contribution in [0.3, 0.4) is 0 Å². The number of nitrogens with zero attached hydrogens (tertiary/aromatic N) is 4. The van der Waals surface area contributed by atoms with Crippen molar-refractivity contribution >= 4 is 11.9 Å². The van der Waals surface area contributed by atoms with E-state index in [-0.39, 0.29) is 32.1 Å². The van der Waals surface area contributed by atoms with Gasteiger partial charge in [0.15, 0.2) is 0 Å². The number of carboxylic acids is 1. The second-order valence-corrected chi connectivity index (χ2v) is 3.57. The van der Waals surface area contributed by atoms with Gasteiger partial charge in [-0.15, -0.1) is 11.7 Å². The van der Waals surface area contributed by atoms with Gasteiger partial charge in [0.2, 0.25) is 5.91 Å². The molecule has 0 radical (unpaired) electrons. The van der Waals surface area contributed by atoms with Crippen LogP contribution in [0.4, 0.5) is 0 Å². The number of amides is 1. The summed E-state index contributed by atoms with van der Waals surface area (Å²) < 4.78 is 1.32. The van der Waals surface area contributed by atoms with Crippen LogP contribution in [0.2, 0.25) is 0 Å². The van der Waals surface area contributed by atoms with Gasteiger partial charge in [-0.05, 0) is 0 Å². The zero-order valence-corrected chi connectivity index (χ0v) is 9.82. The Kier molecular flexibility index (Phi) is 5.00. The first kappa shape index (κ1) is 13.8. The van der Waals surface area contributed by atoms with Crippen molar-refractivity contribution in [1.82, 2.24) is 19.9 Å². The Morgan fingerprint density at radius 2 is 2.33 bits per heavy atom. The summed E-state index contributed by atoms with van der Waals surface area (Å²) in [6.07, 6.45) is 3.01. The third kappa shape index (κ3) is 3.98. The molecule has 1 aromatic heterocycles. The van der Waals surface area contributed by atoms with Crippen LogP contribution in [0, 0.1) is 0 Å². The minimum absolute atomic E-state index is 0.0753. The molecule has 0 atom stereocenters. The summed E-state index contributed by atoms with van der Waals surface area (Å²) in [5, 5.41) is 16.1. The zero-order valence-electron chi connectivity index (χ0n) is 9.82. The average Bonchev–Trinajstić information content (AvgIpc) is 2.75. The molecular formula is C10H15N5O3. The monoisotopic (exact) mass is 253 g/mol. The Hall–Kier alpha value is -2.22. The quantitative estimate of drug-likeness (QED) is 0.592. The molecule has 3 N–H and O–H groups in total. The first-order valence-electron chi connectivity index (χ1n) is 5.26. The lowest BCUT2D eigenvalue weighted by molar-refractivity contribution is -0.144. The summed E-state index contributed by atoms with van der Waals surface area (Å²) in [4.78, 5) is 23.6. The van der Waals surface area contributed by atoms with Gasteiger partial charge in [-0.25, -0.2) is 4.68 Å². The minimum Gasteiger partial charge on any atom is -0.480 e. The molecule has 1 heterocycles. The van der Waals surface area contributed by atoms with Crippen LogP contribution >= 0.6 is 0 Å². The largest absolute Gasteiger partial charge is 0.480 e. The molecule has 0 bridgehead atoms. The van der Waals surface area contributed by atoms with E-state index in [0.717, 1.165) is 0 Å². The fourth-order valence-electron chi connectivity index (χ4n) is 1.32. The van der Waals surface area contributed by atoms with E-state index in [9.17, 15) is 9.59 Å². The number of carbonyl (C=O) groups excluding carboxylic acids is 1. The number of carboxylic acid groups (broad SMARTS) is 1. The number of aliphatic carboxylic acids is 1. The van der Waals surface area contributed by atoms with E-state index < -0.39 is 5.97 Å². The fourth-order valence-corrected chi connectivity index (χ4v) is 1.32. The second kappa shape index (κ2) is 6.50. The molecule has 1 aromatic rings. The third-order valence-corrected chi connectivity index (χ3v) is 2.12. The Bertz CT molecular complexity index is 442. The Morgan fingerprint density at radius 1 is 1.61 bits per heavy atom. The average molecular weight is 253 g/mol. The topological polar surface area (TPSA) is 114 Å². The van der Waals surface area contributed by atoms with Crippen molar-refractivity contribution in [3.05, 3.63) is 24.5 Å². The van der Waals surface area contributed by atoms with Crippen molar-refractivity contribution in [1.29, 1.82) is 0 Å². The summed E-state index contributed by atoms with van der Waals surface area (Å²) in [6, 6.07) is 0. The summed E-state index contributed by atoms with van der Waals surface area (Å²) in [7, 11) is 0. The molecule has 0 aliphatic rings. The summed E-state index contributed by atoms with van der Waals surface area (Å²) in [6.45, 7) is 3.44. The molecule has 0 saturated carbocycles. The van der Waals surface area contributed by atoms with Crippen LogP contribution in [-0.2, 0) is 22.7 Å². The van der Waals surface area contributed by atoms with Crippen LogP contribution in [0.1, 0.15) is 5.69 Å². The highest BCUT2D eigenvalue weighted by molar-refractivity contribution is 5.81. The number of hydrogen-bond donors (Lipinski definition) is 2. The first-order chi connectivity index (χ1) is 8.56. The summed E-state index contributed by atoms with van der Waals surface area (Å²) in [5.41, 5.74) is 5.93. The molecule has 0 saturated heterocycles. The lowest BCUT2D eigenvalue weighted by atomic mass is 10.4. The molecule has 18 heavy (non-hydrogen) atoms. The number of carbonyl (C=O) groups is 2. The summed E-state index contributed by atoms with van der Waals surface area (Å²) >= 11 is 0. The number of rotatable bonds is 7.